The molecule has 26 heavy (non-hydrogen) atoms. The lowest BCUT2D eigenvalue weighted by molar-refractivity contribution is 0.0796. The van der Waals surface area contributed by atoms with Crippen LogP contribution in [0, 0.1) is 5.82 Å². The Morgan fingerprint density at radius 1 is 1.35 bits per heavy atom. The second-order valence-electron chi connectivity index (χ2n) is 5.93. The zero-order valence-corrected chi connectivity index (χ0v) is 14.1. The highest BCUT2D eigenvalue weighted by Gasteiger charge is 2.30. The third kappa shape index (κ3) is 3.89. The molecule has 1 N–H and O–H groups in total. The number of benzene rings is 1. The van der Waals surface area contributed by atoms with Gasteiger partial charge in [0.1, 0.15) is 11.6 Å². The van der Waals surface area contributed by atoms with Crippen LogP contribution in [0.4, 0.5) is 23.8 Å². The van der Waals surface area contributed by atoms with E-state index in [1.165, 1.54) is 29.2 Å². The number of anilines is 1. The first-order valence-corrected chi connectivity index (χ1v) is 8.18. The van der Waals surface area contributed by atoms with E-state index in [2.05, 4.69) is 10.3 Å². The molecule has 2 aromatic rings. The van der Waals surface area contributed by atoms with Crippen LogP contribution in [0.15, 0.2) is 36.4 Å². The smallest absolute Gasteiger partial charge is 0.323 e. The third-order valence-electron chi connectivity index (χ3n) is 4.23. The number of halogens is 3. The molecule has 2 heterocycles. The van der Waals surface area contributed by atoms with Gasteiger partial charge in [-0.15, -0.1) is 0 Å². The molecule has 1 unspecified atom stereocenters. The number of hydrogen-bond acceptors (Lipinski definition) is 3. The zero-order valence-electron chi connectivity index (χ0n) is 14.1. The highest BCUT2D eigenvalue weighted by Crippen LogP contribution is 2.31. The summed E-state index contributed by atoms with van der Waals surface area (Å²) in [6.07, 6.45) is -2.06. The first-order chi connectivity index (χ1) is 12.5. The van der Waals surface area contributed by atoms with Crippen molar-refractivity contribution in [1.82, 2.24) is 9.88 Å². The van der Waals surface area contributed by atoms with E-state index in [9.17, 15) is 18.0 Å². The maximum absolute atomic E-state index is 14.1. The normalized spacial score (nSPS) is 16.3. The van der Waals surface area contributed by atoms with Gasteiger partial charge in [0.15, 0.2) is 6.61 Å². The van der Waals surface area contributed by atoms with E-state index in [0.717, 1.165) is 5.56 Å². The Labute approximate surface area is 148 Å². The molecule has 0 spiro atoms. The number of carbonyl (C=O) groups excluding carboxylic acids is 1. The average Bonchev–Trinajstić information content (AvgIpc) is 2.60. The molecule has 0 saturated heterocycles. The standard InChI is InChI=1S/C18H18F3N3O2/c1-11-17-12(4-2-5-13(17)19)8-9-24(11)18(25)23-15-6-3-7-16(22-15)26-10-14(20)21/h2-7,11,14H,8-10H2,1H3,(H,22,23,25). The molecular weight excluding hydrogens is 347 g/mol. The first kappa shape index (κ1) is 18.0. The number of rotatable bonds is 4. The Hall–Kier alpha value is -2.77. The number of aromatic nitrogens is 1. The fraction of sp³-hybridized carbons (Fsp3) is 0.333. The van der Waals surface area contributed by atoms with Crippen LogP contribution in [-0.4, -0.2) is 35.5 Å². The molecule has 8 heteroatoms. The zero-order chi connectivity index (χ0) is 18.7. The summed E-state index contributed by atoms with van der Waals surface area (Å²) in [6.45, 7) is 1.42. The molecule has 0 fully saturated rings. The highest BCUT2D eigenvalue weighted by atomic mass is 19.3. The third-order valence-corrected chi connectivity index (χ3v) is 4.23. The second-order valence-corrected chi connectivity index (χ2v) is 5.93. The molecule has 1 atom stereocenters. The number of alkyl halides is 2. The SMILES string of the molecule is CC1c2c(F)cccc2CCN1C(=O)Nc1cccc(OCC(F)F)n1. The number of carbonyl (C=O) groups is 1. The number of hydrogen-bond donors (Lipinski definition) is 1. The molecule has 1 aromatic heterocycles. The minimum Gasteiger partial charge on any atom is -0.472 e. The van der Waals surface area contributed by atoms with Gasteiger partial charge in [0.25, 0.3) is 6.43 Å². The minimum absolute atomic E-state index is 0.00816. The molecule has 3 rings (SSSR count). The molecule has 0 saturated carbocycles. The number of nitrogens with one attached hydrogen (secondary N) is 1. The summed E-state index contributed by atoms with van der Waals surface area (Å²) in [5, 5.41) is 2.61. The summed E-state index contributed by atoms with van der Waals surface area (Å²) in [4.78, 5) is 18.1. The van der Waals surface area contributed by atoms with Crippen molar-refractivity contribution in [1.29, 1.82) is 0 Å². The predicted molar refractivity (Wildman–Crippen MR) is 90.0 cm³/mol. The van der Waals surface area contributed by atoms with Crippen LogP contribution < -0.4 is 10.1 Å². The lowest BCUT2D eigenvalue weighted by Gasteiger charge is -2.35. The van der Waals surface area contributed by atoms with E-state index in [0.29, 0.717) is 18.5 Å². The lowest BCUT2D eigenvalue weighted by atomic mass is 9.93. The van der Waals surface area contributed by atoms with Crippen LogP contribution in [0.25, 0.3) is 0 Å². The van der Waals surface area contributed by atoms with E-state index in [4.69, 9.17) is 4.74 Å². The molecule has 2 amide bonds. The van der Waals surface area contributed by atoms with Crippen molar-refractivity contribution in [3.05, 3.63) is 53.3 Å². The summed E-state index contributed by atoms with van der Waals surface area (Å²) in [5.41, 5.74) is 1.40. The van der Waals surface area contributed by atoms with Crippen LogP contribution in [0.1, 0.15) is 24.1 Å². The monoisotopic (exact) mass is 365 g/mol. The Kier molecular flexibility index (Phi) is 5.29. The van der Waals surface area contributed by atoms with Gasteiger partial charge in [-0.2, -0.15) is 4.98 Å². The minimum atomic E-state index is -2.61. The predicted octanol–water partition coefficient (Wildman–Crippen LogP) is 4.02. The topological polar surface area (TPSA) is 54.5 Å². The molecule has 0 aliphatic carbocycles. The van der Waals surface area contributed by atoms with Crippen molar-refractivity contribution >= 4 is 11.8 Å². The number of urea groups is 1. The van der Waals surface area contributed by atoms with Crippen molar-refractivity contribution in [2.24, 2.45) is 0 Å². The van der Waals surface area contributed by atoms with Gasteiger partial charge in [0, 0.05) is 18.2 Å². The number of fused-ring (bicyclic) bond motifs is 1. The van der Waals surface area contributed by atoms with Crippen LogP contribution >= 0.6 is 0 Å². The lowest BCUT2D eigenvalue weighted by Crippen LogP contribution is -2.42. The maximum Gasteiger partial charge on any atom is 0.323 e. The maximum atomic E-state index is 14.1. The highest BCUT2D eigenvalue weighted by molar-refractivity contribution is 5.88. The van der Waals surface area contributed by atoms with Crippen LogP contribution in [-0.2, 0) is 6.42 Å². The van der Waals surface area contributed by atoms with Crippen molar-refractivity contribution in [3.8, 4) is 5.88 Å². The summed E-state index contributed by atoms with van der Waals surface area (Å²) < 4.78 is 43.4. The fourth-order valence-corrected chi connectivity index (χ4v) is 3.03. The first-order valence-electron chi connectivity index (χ1n) is 8.18. The molecule has 0 bridgehead atoms. The largest absolute Gasteiger partial charge is 0.472 e. The van der Waals surface area contributed by atoms with E-state index >= 15 is 0 Å². The van der Waals surface area contributed by atoms with Gasteiger partial charge >= 0.3 is 6.03 Å². The second kappa shape index (κ2) is 7.63. The van der Waals surface area contributed by atoms with E-state index < -0.39 is 25.1 Å². The van der Waals surface area contributed by atoms with Gasteiger partial charge in [-0.25, -0.2) is 18.0 Å². The molecule has 0 radical (unpaired) electrons. The molecule has 1 aliphatic rings. The number of amides is 2. The van der Waals surface area contributed by atoms with Gasteiger partial charge < -0.3 is 9.64 Å². The Balaban J connectivity index is 1.71. The molecule has 1 aromatic carbocycles. The van der Waals surface area contributed by atoms with Gasteiger partial charge in [-0.05, 0) is 31.0 Å². The summed E-state index contributed by atoms with van der Waals surface area (Å²) in [7, 11) is 0. The van der Waals surface area contributed by atoms with E-state index in [1.54, 1.807) is 13.0 Å². The van der Waals surface area contributed by atoms with Crippen molar-refractivity contribution in [3.63, 3.8) is 0 Å². The summed E-state index contributed by atoms with van der Waals surface area (Å²) in [5.74, 6) is -0.174. The molecule has 138 valence electrons. The quantitative estimate of drug-likeness (QED) is 0.891. The average molecular weight is 365 g/mol. The van der Waals surface area contributed by atoms with Gasteiger partial charge in [-0.1, -0.05) is 18.2 Å². The summed E-state index contributed by atoms with van der Waals surface area (Å²) >= 11 is 0. The van der Waals surface area contributed by atoms with Gasteiger partial charge in [0.2, 0.25) is 5.88 Å². The fourth-order valence-electron chi connectivity index (χ4n) is 3.03. The van der Waals surface area contributed by atoms with Crippen molar-refractivity contribution in [2.75, 3.05) is 18.5 Å². The van der Waals surface area contributed by atoms with E-state index in [-0.39, 0.29) is 17.5 Å². The Morgan fingerprint density at radius 2 is 2.12 bits per heavy atom. The number of nitrogens with zero attached hydrogens (tertiary/aromatic N) is 2. The molecule has 5 nitrogen and oxygen atoms in total. The van der Waals surface area contributed by atoms with Crippen LogP contribution in [0.2, 0.25) is 0 Å². The van der Waals surface area contributed by atoms with Gasteiger partial charge in [0.05, 0.1) is 6.04 Å². The van der Waals surface area contributed by atoms with E-state index in [1.807, 2.05) is 6.07 Å². The van der Waals surface area contributed by atoms with Gasteiger partial charge in [-0.3, -0.25) is 5.32 Å². The molecular formula is C18H18F3N3O2. The van der Waals surface area contributed by atoms with Crippen molar-refractivity contribution in [2.45, 2.75) is 25.8 Å². The summed E-state index contributed by atoms with van der Waals surface area (Å²) in [6, 6.07) is 8.51. The Morgan fingerprint density at radius 3 is 2.88 bits per heavy atom. The number of ether oxygens (including phenoxy) is 1. The Bertz CT molecular complexity index is 801. The van der Waals surface area contributed by atoms with Crippen LogP contribution in [0.5, 0.6) is 5.88 Å². The van der Waals surface area contributed by atoms with Crippen LogP contribution in [0.3, 0.4) is 0 Å². The van der Waals surface area contributed by atoms with Crippen molar-refractivity contribution < 1.29 is 22.7 Å². The molecule has 1 aliphatic heterocycles. The number of pyridine rings is 1.